The summed E-state index contributed by atoms with van der Waals surface area (Å²) in [4.78, 5) is 34.0. The molecule has 0 radical (unpaired) electrons. The monoisotopic (exact) mass is 856 g/mol. The van der Waals surface area contributed by atoms with Crippen LogP contribution in [0, 0.1) is 0 Å². The summed E-state index contributed by atoms with van der Waals surface area (Å²) in [5, 5.41) is 12.7. The van der Waals surface area contributed by atoms with Gasteiger partial charge >= 0.3 is 13.8 Å². The molecular weight excluding hydrogens is 762 g/mol. The van der Waals surface area contributed by atoms with Crippen molar-refractivity contribution in [2.24, 2.45) is 0 Å². The largest absolute Gasteiger partial charge is 0.472 e. The second-order valence-corrected chi connectivity index (χ2v) is 18.2. The van der Waals surface area contributed by atoms with Gasteiger partial charge in [0.25, 0.3) is 0 Å². The number of unbranched alkanes of at least 4 members (excludes halogenated alkanes) is 30. The first-order valence-electron chi connectivity index (χ1n) is 24.8. The number of rotatable bonds is 47. The van der Waals surface area contributed by atoms with Gasteiger partial charge in [-0.1, -0.05) is 192 Å². The normalized spacial score (nSPS) is 13.4. The third-order valence-electron chi connectivity index (χ3n) is 10.9. The first-order chi connectivity index (χ1) is 28.8. The predicted molar refractivity (Wildman–Crippen MR) is 248 cm³/mol. The molecule has 59 heavy (non-hydrogen) atoms. The van der Waals surface area contributed by atoms with Crippen LogP contribution in [0.3, 0.4) is 0 Å². The zero-order valence-electron chi connectivity index (χ0n) is 38.5. The van der Waals surface area contributed by atoms with Crippen LogP contribution in [-0.2, 0) is 27.9 Å². The van der Waals surface area contributed by atoms with Crippen molar-refractivity contribution in [3.8, 4) is 0 Å². The molecule has 0 aromatic heterocycles. The zero-order valence-corrected chi connectivity index (χ0v) is 39.4. The number of aliphatic hydroxyl groups is 1. The van der Waals surface area contributed by atoms with E-state index in [0.29, 0.717) is 6.42 Å². The zero-order chi connectivity index (χ0) is 43.2. The Balaban J connectivity index is 3.53. The Hall–Kier alpha value is -1.51. The predicted octanol–water partition coefficient (Wildman–Crippen LogP) is 14.3. The molecule has 0 saturated carbocycles. The number of amides is 1. The molecule has 0 aliphatic carbocycles. The van der Waals surface area contributed by atoms with Crippen molar-refractivity contribution < 1.29 is 37.9 Å². The lowest BCUT2D eigenvalue weighted by Gasteiger charge is -2.15. The third kappa shape index (κ3) is 47.4. The van der Waals surface area contributed by atoms with E-state index in [-0.39, 0.29) is 32.1 Å². The molecule has 10 heteroatoms. The lowest BCUT2D eigenvalue weighted by atomic mass is 10.0. The minimum absolute atomic E-state index is 0.0833. The third-order valence-corrected chi connectivity index (χ3v) is 11.8. The number of esters is 1. The Morgan fingerprint density at radius 2 is 0.864 bits per heavy atom. The molecule has 0 saturated heterocycles. The van der Waals surface area contributed by atoms with Crippen molar-refractivity contribution in [2.75, 3.05) is 26.4 Å². The van der Waals surface area contributed by atoms with Gasteiger partial charge in [-0.05, 0) is 64.2 Å². The van der Waals surface area contributed by atoms with E-state index < -0.39 is 26.5 Å². The fourth-order valence-corrected chi connectivity index (χ4v) is 7.83. The molecule has 1 amide bonds. The van der Waals surface area contributed by atoms with Gasteiger partial charge in [0.15, 0.2) is 0 Å². The van der Waals surface area contributed by atoms with Crippen LogP contribution in [-0.4, -0.2) is 54.3 Å². The molecule has 0 fully saturated rings. The smallest absolute Gasteiger partial charge is 0.463 e. The van der Waals surface area contributed by atoms with Gasteiger partial charge in [-0.25, -0.2) is 4.57 Å². The number of hydrogen-bond acceptors (Lipinski definition) is 7. The summed E-state index contributed by atoms with van der Waals surface area (Å²) < 4.78 is 26.9. The Bertz CT molecular complexity index is 1020. The minimum Gasteiger partial charge on any atom is -0.463 e. The van der Waals surface area contributed by atoms with Crippen LogP contribution in [0.1, 0.15) is 245 Å². The van der Waals surface area contributed by atoms with E-state index in [1.54, 1.807) is 0 Å². The second-order valence-electron chi connectivity index (χ2n) is 16.8. The molecule has 0 aliphatic heterocycles. The average Bonchev–Trinajstić information content (AvgIpc) is 3.22. The molecule has 0 heterocycles. The Labute approximate surface area is 363 Å². The maximum atomic E-state index is 12.1. The maximum absolute atomic E-state index is 12.1. The highest BCUT2D eigenvalue weighted by atomic mass is 31.2. The van der Waals surface area contributed by atoms with E-state index in [1.165, 1.54) is 161 Å². The first kappa shape index (κ1) is 57.5. The van der Waals surface area contributed by atoms with Gasteiger partial charge in [0.2, 0.25) is 5.91 Å². The van der Waals surface area contributed by atoms with Gasteiger partial charge in [-0.3, -0.25) is 18.6 Å². The number of nitrogens with one attached hydrogen (secondary N) is 1. The number of allylic oxidation sites excluding steroid dienone is 4. The number of ether oxygens (including phenoxy) is 1. The van der Waals surface area contributed by atoms with Gasteiger partial charge in [0, 0.05) is 19.4 Å². The minimum atomic E-state index is -4.42. The van der Waals surface area contributed by atoms with Crippen molar-refractivity contribution in [1.29, 1.82) is 0 Å². The summed E-state index contributed by atoms with van der Waals surface area (Å²) in [6.45, 7) is 3.57. The van der Waals surface area contributed by atoms with Crippen LogP contribution in [0.25, 0.3) is 0 Å². The fraction of sp³-hybridized carbons (Fsp3) is 0.878. The molecule has 3 N–H and O–H groups in total. The van der Waals surface area contributed by atoms with Crippen LogP contribution in [0.2, 0.25) is 0 Å². The van der Waals surface area contributed by atoms with Crippen LogP contribution in [0.4, 0.5) is 0 Å². The molecule has 9 nitrogen and oxygen atoms in total. The van der Waals surface area contributed by atoms with Crippen LogP contribution >= 0.6 is 7.82 Å². The van der Waals surface area contributed by atoms with Crippen molar-refractivity contribution in [1.82, 2.24) is 5.32 Å². The van der Waals surface area contributed by atoms with Crippen molar-refractivity contribution in [2.45, 2.75) is 251 Å². The van der Waals surface area contributed by atoms with Gasteiger partial charge in [-0.15, -0.1) is 0 Å². The molecule has 0 bridgehead atoms. The quantitative estimate of drug-likeness (QED) is 0.0239. The first-order valence-corrected chi connectivity index (χ1v) is 26.3. The van der Waals surface area contributed by atoms with Crippen molar-refractivity contribution >= 4 is 19.7 Å². The van der Waals surface area contributed by atoms with E-state index >= 15 is 0 Å². The van der Waals surface area contributed by atoms with Crippen LogP contribution in [0.5, 0.6) is 0 Å². The summed E-state index contributed by atoms with van der Waals surface area (Å²) in [6, 6.07) is 0. The van der Waals surface area contributed by atoms with E-state index in [1.807, 2.05) is 0 Å². The van der Waals surface area contributed by atoms with Gasteiger partial charge in [-0.2, -0.15) is 0 Å². The fourth-order valence-electron chi connectivity index (χ4n) is 7.08. The van der Waals surface area contributed by atoms with Crippen LogP contribution < -0.4 is 5.32 Å². The topological polar surface area (TPSA) is 131 Å². The molecule has 0 aromatic rings. The van der Waals surface area contributed by atoms with E-state index in [4.69, 9.17) is 13.8 Å². The van der Waals surface area contributed by atoms with E-state index in [0.717, 1.165) is 57.8 Å². The SMILES string of the molecule is CCCCCCCC/C=C\CCCCCCCC(=O)OCC(O)COP(=O)(O)OCCNC(=O)CCCCCCCCCCCCCCC/C=C/CCCCCCCC. The highest BCUT2D eigenvalue weighted by molar-refractivity contribution is 7.47. The standard InChI is InChI=1S/C49H94NO8P/c1-3-5-7-9-11-13-15-17-19-20-21-22-23-24-25-26-28-29-31-33-35-37-39-41-48(52)50-43-44-57-59(54,55)58-46-47(51)45-56-49(53)42-40-38-36-34-32-30-27-18-16-14-12-10-8-6-4-2/h17-19,27,47,51H,3-16,20-26,28-46H2,1-2H3,(H,50,52)(H,54,55)/b19-17+,27-18-. The Morgan fingerprint density at radius 3 is 1.27 bits per heavy atom. The van der Waals surface area contributed by atoms with Gasteiger partial charge < -0.3 is 20.1 Å². The summed E-state index contributed by atoms with van der Waals surface area (Å²) in [6.07, 6.45) is 51.2. The van der Waals surface area contributed by atoms with Crippen molar-refractivity contribution in [3.63, 3.8) is 0 Å². The summed E-state index contributed by atoms with van der Waals surface area (Å²) >= 11 is 0. The summed E-state index contributed by atoms with van der Waals surface area (Å²) in [5.41, 5.74) is 0. The average molecular weight is 856 g/mol. The lowest BCUT2D eigenvalue weighted by Crippen LogP contribution is -2.27. The molecule has 2 atom stereocenters. The second kappa shape index (κ2) is 46.0. The molecule has 0 spiro atoms. The summed E-state index contributed by atoms with van der Waals surface area (Å²) in [5.74, 6) is -0.517. The number of hydrogen-bond donors (Lipinski definition) is 3. The van der Waals surface area contributed by atoms with E-state index in [9.17, 15) is 24.2 Å². The van der Waals surface area contributed by atoms with Gasteiger partial charge in [0.05, 0.1) is 13.2 Å². The Morgan fingerprint density at radius 1 is 0.508 bits per heavy atom. The lowest BCUT2D eigenvalue weighted by molar-refractivity contribution is -0.147. The number of carbonyl (C=O) groups is 2. The highest BCUT2D eigenvalue weighted by Gasteiger charge is 2.23. The summed E-state index contributed by atoms with van der Waals surface area (Å²) in [7, 11) is -4.42. The number of carbonyl (C=O) groups excluding carboxylic acids is 2. The number of aliphatic hydroxyl groups excluding tert-OH is 1. The molecule has 2 unspecified atom stereocenters. The molecular formula is C49H94NO8P. The maximum Gasteiger partial charge on any atom is 0.472 e. The molecule has 0 aromatic carbocycles. The Kier molecular flexibility index (Phi) is 44.8. The molecule has 0 rings (SSSR count). The number of phosphoric acid groups is 1. The number of phosphoric ester groups is 1. The van der Waals surface area contributed by atoms with E-state index in [2.05, 4.69) is 43.5 Å². The molecule has 0 aliphatic rings. The van der Waals surface area contributed by atoms with Crippen LogP contribution in [0.15, 0.2) is 24.3 Å². The van der Waals surface area contributed by atoms with Crippen molar-refractivity contribution in [3.05, 3.63) is 24.3 Å². The van der Waals surface area contributed by atoms with Gasteiger partial charge in [0.1, 0.15) is 12.7 Å². The highest BCUT2D eigenvalue weighted by Crippen LogP contribution is 2.42. The molecule has 348 valence electrons.